The first-order chi connectivity index (χ1) is 9.41. The molecular formula is C14H15F2NO3. The van der Waals surface area contributed by atoms with Gasteiger partial charge in [0.15, 0.2) is 11.6 Å². The molecule has 1 aliphatic rings. The molecule has 0 heterocycles. The van der Waals surface area contributed by atoms with E-state index in [1.54, 1.807) is 7.05 Å². The molecule has 0 unspecified atom stereocenters. The number of aromatic carboxylic acids is 1. The molecule has 1 fully saturated rings. The molecule has 1 aromatic carbocycles. The van der Waals surface area contributed by atoms with Crippen molar-refractivity contribution >= 4 is 11.9 Å². The predicted octanol–water partition coefficient (Wildman–Crippen LogP) is 2.68. The van der Waals surface area contributed by atoms with Crippen LogP contribution in [0.1, 0.15) is 46.4 Å². The zero-order valence-electron chi connectivity index (χ0n) is 11.0. The summed E-state index contributed by atoms with van der Waals surface area (Å²) < 4.78 is 26.4. The molecule has 0 aromatic heterocycles. The van der Waals surface area contributed by atoms with Crippen LogP contribution in [0.15, 0.2) is 12.1 Å². The number of carbonyl (C=O) groups is 2. The lowest BCUT2D eigenvalue weighted by Gasteiger charge is -2.25. The van der Waals surface area contributed by atoms with E-state index in [9.17, 15) is 18.4 Å². The second-order valence-electron chi connectivity index (χ2n) is 4.97. The summed E-state index contributed by atoms with van der Waals surface area (Å²) in [5, 5.41) is 9.02. The minimum absolute atomic E-state index is 0.0252. The van der Waals surface area contributed by atoms with Gasteiger partial charge in [-0.2, -0.15) is 0 Å². The van der Waals surface area contributed by atoms with Crippen molar-refractivity contribution in [3.8, 4) is 0 Å². The summed E-state index contributed by atoms with van der Waals surface area (Å²) in [7, 11) is 1.56. The fourth-order valence-electron chi connectivity index (χ4n) is 2.55. The summed E-state index contributed by atoms with van der Waals surface area (Å²) in [5.74, 6) is -4.54. The van der Waals surface area contributed by atoms with Gasteiger partial charge in [0, 0.05) is 13.1 Å². The summed E-state index contributed by atoms with van der Waals surface area (Å²) in [5.41, 5.74) is -0.829. The number of carboxylic acid groups (broad SMARTS) is 1. The van der Waals surface area contributed by atoms with Crippen LogP contribution in [0.3, 0.4) is 0 Å². The van der Waals surface area contributed by atoms with E-state index >= 15 is 0 Å². The Labute approximate surface area is 115 Å². The monoisotopic (exact) mass is 283 g/mol. The molecule has 0 atom stereocenters. The van der Waals surface area contributed by atoms with E-state index in [1.165, 1.54) is 4.90 Å². The minimum atomic E-state index is -1.45. The number of amides is 1. The fourth-order valence-corrected chi connectivity index (χ4v) is 2.55. The highest BCUT2D eigenvalue weighted by Gasteiger charge is 2.28. The molecule has 1 amide bonds. The molecule has 108 valence electrons. The van der Waals surface area contributed by atoms with E-state index in [-0.39, 0.29) is 11.6 Å². The van der Waals surface area contributed by atoms with Gasteiger partial charge in [0.2, 0.25) is 0 Å². The molecule has 1 N–H and O–H groups in total. The van der Waals surface area contributed by atoms with Crippen LogP contribution < -0.4 is 0 Å². The average molecular weight is 283 g/mol. The molecule has 2 rings (SSSR count). The average Bonchev–Trinajstić information content (AvgIpc) is 2.93. The van der Waals surface area contributed by atoms with E-state index in [0.717, 1.165) is 25.7 Å². The normalized spacial score (nSPS) is 15.3. The number of carboxylic acids is 1. The van der Waals surface area contributed by atoms with Crippen LogP contribution in [0.5, 0.6) is 0 Å². The van der Waals surface area contributed by atoms with Crippen LogP contribution >= 0.6 is 0 Å². The summed E-state index contributed by atoms with van der Waals surface area (Å²) in [6.07, 6.45) is 3.69. The summed E-state index contributed by atoms with van der Waals surface area (Å²) in [6, 6.07) is 1.23. The van der Waals surface area contributed by atoms with Crippen LogP contribution in [0.25, 0.3) is 0 Å². The largest absolute Gasteiger partial charge is 0.478 e. The Hall–Kier alpha value is -1.98. The van der Waals surface area contributed by atoms with Crippen molar-refractivity contribution in [2.75, 3.05) is 7.05 Å². The molecule has 1 aromatic rings. The highest BCUT2D eigenvalue weighted by Crippen LogP contribution is 2.25. The van der Waals surface area contributed by atoms with Crippen LogP contribution in [-0.2, 0) is 0 Å². The number of halogens is 2. The Morgan fingerprint density at radius 1 is 1.15 bits per heavy atom. The Kier molecular flexibility index (Phi) is 4.01. The summed E-state index contributed by atoms with van der Waals surface area (Å²) >= 11 is 0. The lowest BCUT2D eigenvalue weighted by molar-refractivity contribution is 0.0668. The highest BCUT2D eigenvalue weighted by atomic mass is 19.2. The van der Waals surface area contributed by atoms with Crippen LogP contribution in [0.4, 0.5) is 8.78 Å². The van der Waals surface area contributed by atoms with Crippen molar-refractivity contribution in [1.82, 2.24) is 4.90 Å². The van der Waals surface area contributed by atoms with Crippen molar-refractivity contribution in [3.63, 3.8) is 0 Å². The first kappa shape index (κ1) is 14.4. The van der Waals surface area contributed by atoms with Crippen molar-refractivity contribution < 1.29 is 23.5 Å². The maximum Gasteiger partial charge on any atom is 0.336 e. The third kappa shape index (κ3) is 2.64. The molecule has 1 saturated carbocycles. The zero-order valence-corrected chi connectivity index (χ0v) is 11.0. The molecule has 0 bridgehead atoms. The summed E-state index contributed by atoms with van der Waals surface area (Å²) in [4.78, 5) is 24.8. The second kappa shape index (κ2) is 5.56. The van der Waals surface area contributed by atoms with Crippen molar-refractivity contribution in [3.05, 3.63) is 34.9 Å². The Morgan fingerprint density at radius 2 is 1.65 bits per heavy atom. The van der Waals surface area contributed by atoms with Gasteiger partial charge in [0.25, 0.3) is 5.91 Å². The van der Waals surface area contributed by atoms with E-state index in [2.05, 4.69) is 0 Å². The predicted molar refractivity (Wildman–Crippen MR) is 67.7 cm³/mol. The molecule has 20 heavy (non-hydrogen) atoms. The van der Waals surface area contributed by atoms with Crippen LogP contribution in [0, 0.1) is 11.6 Å². The van der Waals surface area contributed by atoms with Gasteiger partial charge in [0.1, 0.15) is 0 Å². The molecule has 4 nitrogen and oxygen atoms in total. The number of benzene rings is 1. The smallest absolute Gasteiger partial charge is 0.336 e. The fraction of sp³-hybridized carbons (Fsp3) is 0.429. The van der Waals surface area contributed by atoms with Gasteiger partial charge in [-0.1, -0.05) is 12.8 Å². The standard InChI is InChI=1S/C14H15F2NO3/c1-17(8-4-2-3-5-8)13(18)9-6-11(15)12(16)7-10(9)14(19)20/h6-8H,2-5H2,1H3,(H,19,20). The van der Waals surface area contributed by atoms with Crippen LogP contribution in [0.2, 0.25) is 0 Å². The third-order valence-corrected chi connectivity index (χ3v) is 3.71. The van der Waals surface area contributed by atoms with Crippen molar-refractivity contribution in [2.24, 2.45) is 0 Å². The van der Waals surface area contributed by atoms with Gasteiger partial charge < -0.3 is 10.0 Å². The Morgan fingerprint density at radius 3 is 2.15 bits per heavy atom. The number of hydrogen-bond acceptors (Lipinski definition) is 2. The first-order valence-electron chi connectivity index (χ1n) is 6.41. The van der Waals surface area contributed by atoms with Gasteiger partial charge in [-0.05, 0) is 25.0 Å². The highest BCUT2D eigenvalue weighted by molar-refractivity contribution is 6.04. The molecule has 0 radical (unpaired) electrons. The molecule has 1 aliphatic carbocycles. The Bertz CT molecular complexity index is 554. The maximum atomic E-state index is 13.3. The minimum Gasteiger partial charge on any atom is -0.478 e. The second-order valence-corrected chi connectivity index (χ2v) is 4.97. The Balaban J connectivity index is 2.37. The van der Waals surface area contributed by atoms with E-state index in [1.807, 2.05) is 0 Å². The van der Waals surface area contributed by atoms with E-state index < -0.39 is 29.1 Å². The van der Waals surface area contributed by atoms with Gasteiger partial charge in [-0.15, -0.1) is 0 Å². The van der Waals surface area contributed by atoms with E-state index in [0.29, 0.717) is 12.1 Å². The molecular weight excluding hydrogens is 268 g/mol. The zero-order chi connectivity index (χ0) is 14.9. The van der Waals surface area contributed by atoms with Gasteiger partial charge in [0.05, 0.1) is 11.1 Å². The van der Waals surface area contributed by atoms with Gasteiger partial charge in [-0.25, -0.2) is 13.6 Å². The topological polar surface area (TPSA) is 57.6 Å². The molecule has 0 aliphatic heterocycles. The lowest BCUT2D eigenvalue weighted by Crippen LogP contribution is -2.36. The number of hydrogen-bond donors (Lipinski definition) is 1. The van der Waals surface area contributed by atoms with Gasteiger partial charge in [-0.3, -0.25) is 4.79 Å². The van der Waals surface area contributed by atoms with Crippen molar-refractivity contribution in [2.45, 2.75) is 31.7 Å². The lowest BCUT2D eigenvalue weighted by atomic mass is 10.0. The van der Waals surface area contributed by atoms with Crippen LogP contribution in [-0.4, -0.2) is 35.0 Å². The third-order valence-electron chi connectivity index (χ3n) is 3.71. The number of nitrogens with zero attached hydrogens (tertiary/aromatic N) is 1. The summed E-state index contributed by atoms with van der Waals surface area (Å²) in [6.45, 7) is 0. The SMILES string of the molecule is CN(C(=O)c1cc(F)c(F)cc1C(=O)O)C1CCCC1. The van der Waals surface area contributed by atoms with Crippen molar-refractivity contribution in [1.29, 1.82) is 0 Å². The quantitative estimate of drug-likeness (QED) is 0.927. The molecule has 0 saturated heterocycles. The van der Waals surface area contributed by atoms with E-state index in [4.69, 9.17) is 5.11 Å². The number of rotatable bonds is 3. The molecule has 0 spiro atoms. The molecule has 6 heteroatoms. The maximum absolute atomic E-state index is 13.3. The number of carbonyl (C=O) groups excluding carboxylic acids is 1. The van der Waals surface area contributed by atoms with Gasteiger partial charge >= 0.3 is 5.97 Å². The first-order valence-corrected chi connectivity index (χ1v) is 6.41.